The summed E-state index contributed by atoms with van der Waals surface area (Å²) in [6, 6.07) is 1.89. The van der Waals surface area contributed by atoms with Crippen molar-refractivity contribution in [2.24, 2.45) is 5.73 Å². The molecule has 0 spiro atoms. The average Bonchev–Trinajstić information content (AvgIpc) is 2.38. The molecule has 0 aliphatic heterocycles. The predicted octanol–water partition coefficient (Wildman–Crippen LogP) is 1.64. The summed E-state index contributed by atoms with van der Waals surface area (Å²) in [5.41, 5.74) is 7.43. The minimum Gasteiger partial charge on any atom is -0.472 e. The second-order valence-electron chi connectivity index (χ2n) is 2.15. The molecule has 2 nitrogen and oxygen atoms in total. The smallest absolute Gasteiger partial charge is 0.0977 e. The van der Waals surface area contributed by atoms with Gasteiger partial charge in [-0.25, -0.2) is 0 Å². The summed E-state index contributed by atoms with van der Waals surface area (Å²) in [6.07, 6.45) is 4.15. The van der Waals surface area contributed by atoms with E-state index in [2.05, 4.69) is 6.58 Å². The van der Waals surface area contributed by atoms with Crippen molar-refractivity contribution in [3.8, 4) is 0 Å². The van der Waals surface area contributed by atoms with Gasteiger partial charge in [0.1, 0.15) is 0 Å². The van der Waals surface area contributed by atoms with Crippen LogP contribution in [0, 0.1) is 0 Å². The van der Waals surface area contributed by atoms with Gasteiger partial charge in [-0.3, -0.25) is 0 Å². The first-order valence-electron chi connectivity index (χ1n) is 3.25. The largest absolute Gasteiger partial charge is 0.472 e. The third-order valence-electron chi connectivity index (χ3n) is 1.38. The monoisotopic (exact) mass is 137 g/mol. The summed E-state index contributed by atoms with van der Waals surface area (Å²) in [4.78, 5) is 0. The van der Waals surface area contributed by atoms with Gasteiger partial charge in [-0.2, -0.15) is 0 Å². The summed E-state index contributed by atoms with van der Waals surface area (Å²) >= 11 is 0. The highest BCUT2D eigenvalue weighted by molar-refractivity contribution is 5.62. The van der Waals surface area contributed by atoms with Crippen LogP contribution in [-0.4, -0.2) is 6.54 Å². The molecule has 0 aromatic carbocycles. The van der Waals surface area contributed by atoms with Gasteiger partial charge in [0.05, 0.1) is 12.5 Å². The normalized spacial score (nSPS) is 9.70. The Kier molecular flexibility index (Phi) is 2.29. The SMILES string of the molecule is C=C(CCN)c1ccoc1. The van der Waals surface area contributed by atoms with Crippen LogP contribution in [0.15, 0.2) is 29.6 Å². The van der Waals surface area contributed by atoms with Crippen LogP contribution < -0.4 is 5.73 Å². The summed E-state index contributed by atoms with van der Waals surface area (Å²) in [5, 5.41) is 0. The van der Waals surface area contributed by atoms with Crippen LogP contribution in [-0.2, 0) is 0 Å². The zero-order valence-electron chi connectivity index (χ0n) is 5.84. The lowest BCUT2D eigenvalue weighted by molar-refractivity contribution is 0.566. The fraction of sp³-hybridized carbons (Fsp3) is 0.250. The Morgan fingerprint density at radius 3 is 3.00 bits per heavy atom. The minimum absolute atomic E-state index is 0.643. The van der Waals surface area contributed by atoms with E-state index in [9.17, 15) is 0 Å². The van der Waals surface area contributed by atoms with Gasteiger partial charge < -0.3 is 10.2 Å². The number of hydrogen-bond acceptors (Lipinski definition) is 2. The lowest BCUT2D eigenvalue weighted by Gasteiger charge is -1.96. The van der Waals surface area contributed by atoms with Crippen molar-refractivity contribution < 1.29 is 4.42 Å². The lowest BCUT2D eigenvalue weighted by Crippen LogP contribution is -1.98. The van der Waals surface area contributed by atoms with E-state index in [4.69, 9.17) is 10.2 Å². The molecule has 0 aliphatic rings. The van der Waals surface area contributed by atoms with Crippen LogP contribution in [0.3, 0.4) is 0 Å². The molecule has 2 N–H and O–H groups in total. The highest BCUT2D eigenvalue weighted by Crippen LogP contribution is 2.14. The van der Waals surface area contributed by atoms with Crippen LogP contribution in [0.1, 0.15) is 12.0 Å². The van der Waals surface area contributed by atoms with E-state index >= 15 is 0 Å². The van der Waals surface area contributed by atoms with Gasteiger partial charge in [0.2, 0.25) is 0 Å². The van der Waals surface area contributed by atoms with Crippen molar-refractivity contribution >= 4 is 5.57 Å². The van der Waals surface area contributed by atoms with E-state index in [1.807, 2.05) is 6.07 Å². The average molecular weight is 137 g/mol. The van der Waals surface area contributed by atoms with Gasteiger partial charge in [0, 0.05) is 5.56 Å². The van der Waals surface area contributed by atoms with Crippen molar-refractivity contribution in [1.29, 1.82) is 0 Å². The zero-order chi connectivity index (χ0) is 7.40. The molecule has 0 saturated heterocycles. The van der Waals surface area contributed by atoms with Crippen molar-refractivity contribution in [3.05, 3.63) is 30.7 Å². The van der Waals surface area contributed by atoms with E-state index in [0.717, 1.165) is 17.6 Å². The molecule has 2 heteroatoms. The molecule has 0 bridgehead atoms. The number of furan rings is 1. The molecule has 0 unspecified atom stereocenters. The summed E-state index contributed by atoms with van der Waals surface area (Å²) in [7, 11) is 0. The molecule has 0 amide bonds. The number of rotatable bonds is 3. The first-order chi connectivity index (χ1) is 4.84. The van der Waals surface area contributed by atoms with Gasteiger partial charge in [-0.05, 0) is 24.6 Å². The highest BCUT2D eigenvalue weighted by atomic mass is 16.3. The zero-order valence-corrected chi connectivity index (χ0v) is 5.84. The molecule has 0 fully saturated rings. The summed E-state index contributed by atoms with van der Waals surface area (Å²) in [6.45, 7) is 4.49. The quantitative estimate of drug-likeness (QED) is 0.687. The van der Waals surface area contributed by atoms with E-state index in [1.165, 1.54) is 0 Å². The van der Waals surface area contributed by atoms with Gasteiger partial charge in [0.15, 0.2) is 0 Å². The predicted molar refractivity (Wildman–Crippen MR) is 41.4 cm³/mol. The molecular formula is C8H11NO. The van der Waals surface area contributed by atoms with Crippen LogP contribution in [0.25, 0.3) is 5.57 Å². The van der Waals surface area contributed by atoms with E-state index in [-0.39, 0.29) is 0 Å². The summed E-state index contributed by atoms with van der Waals surface area (Å²) in [5.74, 6) is 0. The molecule has 0 radical (unpaired) electrons. The fourth-order valence-corrected chi connectivity index (χ4v) is 0.784. The van der Waals surface area contributed by atoms with Crippen molar-refractivity contribution in [3.63, 3.8) is 0 Å². The molecule has 10 heavy (non-hydrogen) atoms. The van der Waals surface area contributed by atoms with E-state index in [1.54, 1.807) is 12.5 Å². The van der Waals surface area contributed by atoms with Gasteiger partial charge in [0.25, 0.3) is 0 Å². The molecule has 54 valence electrons. The Labute approximate surface area is 60.3 Å². The van der Waals surface area contributed by atoms with Crippen LogP contribution >= 0.6 is 0 Å². The molecule has 1 rings (SSSR count). The molecule has 0 atom stereocenters. The van der Waals surface area contributed by atoms with Crippen molar-refractivity contribution in [1.82, 2.24) is 0 Å². The van der Waals surface area contributed by atoms with Crippen LogP contribution in [0.4, 0.5) is 0 Å². The first-order valence-corrected chi connectivity index (χ1v) is 3.25. The summed E-state index contributed by atoms with van der Waals surface area (Å²) < 4.78 is 4.88. The van der Waals surface area contributed by atoms with Crippen molar-refractivity contribution in [2.75, 3.05) is 6.54 Å². The Bertz CT molecular complexity index is 201. The topological polar surface area (TPSA) is 39.2 Å². The van der Waals surface area contributed by atoms with Gasteiger partial charge >= 0.3 is 0 Å². The second-order valence-corrected chi connectivity index (χ2v) is 2.15. The van der Waals surface area contributed by atoms with Gasteiger partial charge in [-0.15, -0.1) is 0 Å². The molecule has 0 aliphatic carbocycles. The molecule has 1 aromatic rings. The Morgan fingerprint density at radius 2 is 2.50 bits per heavy atom. The standard InChI is InChI=1S/C8H11NO/c1-7(2-4-9)8-3-5-10-6-8/h3,5-6H,1-2,4,9H2. The van der Waals surface area contributed by atoms with Crippen LogP contribution in [0.2, 0.25) is 0 Å². The fourth-order valence-electron chi connectivity index (χ4n) is 0.784. The second kappa shape index (κ2) is 3.22. The van der Waals surface area contributed by atoms with E-state index < -0.39 is 0 Å². The van der Waals surface area contributed by atoms with Crippen molar-refractivity contribution in [2.45, 2.75) is 6.42 Å². The Morgan fingerprint density at radius 1 is 1.70 bits per heavy atom. The number of hydrogen-bond donors (Lipinski definition) is 1. The number of nitrogens with two attached hydrogens (primary N) is 1. The van der Waals surface area contributed by atoms with Crippen LogP contribution in [0.5, 0.6) is 0 Å². The Balaban J connectivity index is 2.59. The third kappa shape index (κ3) is 1.48. The maximum absolute atomic E-state index is 5.34. The minimum atomic E-state index is 0.643. The molecule has 0 saturated carbocycles. The highest BCUT2D eigenvalue weighted by Gasteiger charge is 1.96. The first kappa shape index (κ1) is 7.09. The van der Waals surface area contributed by atoms with E-state index in [0.29, 0.717) is 6.54 Å². The van der Waals surface area contributed by atoms with Gasteiger partial charge in [-0.1, -0.05) is 6.58 Å². The Hall–Kier alpha value is -1.02. The lowest BCUT2D eigenvalue weighted by atomic mass is 10.1. The molecule has 1 heterocycles. The maximum atomic E-state index is 5.34. The third-order valence-corrected chi connectivity index (χ3v) is 1.38. The molecular weight excluding hydrogens is 126 g/mol. The maximum Gasteiger partial charge on any atom is 0.0977 e. The molecule has 1 aromatic heterocycles.